The minimum absolute atomic E-state index is 0.508. The maximum absolute atomic E-state index is 10.6. The van der Waals surface area contributed by atoms with Crippen molar-refractivity contribution in [3.05, 3.63) is 17.0 Å². The van der Waals surface area contributed by atoms with Gasteiger partial charge in [-0.05, 0) is 38.0 Å². The zero-order valence-electron chi connectivity index (χ0n) is 12.3. The largest absolute Gasteiger partial charge is 0.388 e. The minimum atomic E-state index is -0.618. The Morgan fingerprint density at radius 2 is 2.10 bits per heavy atom. The molecule has 4 nitrogen and oxygen atoms in total. The van der Waals surface area contributed by atoms with Gasteiger partial charge < -0.3 is 10.4 Å². The second-order valence-electron chi connectivity index (χ2n) is 6.00. The fraction of sp³-hybridized carbons (Fsp3) is 0.733. The zero-order valence-corrected chi connectivity index (χ0v) is 13.1. The van der Waals surface area contributed by atoms with E-state index in [0.29, 0.717) is 11.7 Å². The number of halogens is 1. The van der Waals surface area contributed by atoms with E-state index in [0.717, 1.165) is 55.8 Å². The highest BCUT2D eigenvalue weighted by molar-refractivity contribution is 6.30. The van der Waals surface area contributed by atoms with Crippen LogP contribution in [-0.4, -0.2) is 27.2 Å². The van der Waals surface area contributed by atoms with Gasteiger partial charge in [-0.2, -0.15) is 0 Å². The summed E-state index contributed by atoms with van der Waals surface area (Å²) in [6, 6.07) is 0. The van der Waals surface area contributed by atoms with Gasteiger partial charge in [0.05, 0.1) is 5.60 Å². The molecule has 0 saturated heterocycles. The van der Waals surface area contributed by atoms with Crippen LogP contribution in [0.25, 0.3) is 0 Å². The van der Waals surface area contributed by atoms with Crippen molar-refractivity contribution >= 4 is 17.4 Å². The van der Waals surface area contributed by atoms with E-state index in [1.807, 2.05) is 0 Å². The van der Waals surface area contributed by atoms with Crippen molar-refractivity contribution in [2.24, 2.45) is 5.92 Å². The molecule has 0 radical (unpaired) electrons. The molecule has 0 aromatic carbocycles. The molecular formula is C15H24ClN3O. The minimum Gasteiger partial charge on any atom is -0.388 e. The molecule has 5 heteroatoms. The lowest BCUT2D eigenvalue weighted by molar-refractivity contribution is 0.00493. The normalized spacial score (nSPS) is 26.5. The molecule has 1 fully saturated rings. The van der Waals surface area contributed by atoms with Crippen LogP contribution in [-0.2, 0) is 6.42 Å². The van der Waals surface area contributed by atoms with Gasteiger partial charge >= 0.3 is 0 Å². The van der Waals surface area contributed by atoms with Gasteiger partial charge in [-0.1, -0.05) is 31.9 Å². The predicted octanol–water partition coefficient (Wildman–Crippen LogP) is 3.44. The number of aromatic nitrogens is 2. The first-order valence-electron chi connectivity index (χ1n) is 7.49. The number of nitrogens with one attached hydrogen (secondary N) is 1. The molecule has 1 aliphatic carbocycles. The Labute approximate surface area is 126 Å². The monoisotopic (exact) mass is 297 g/mol. The second-order valence-corrected chi connectivity index (χ2v) is 6.36. The van der Waals surface area contributed by atoms with Crippen molar-refractivity contribution in [1.82, 2.24) is 9.97 Å². The van der Waals surface area contributed by atoms with Crippen molar-refractivity contribution in [1.29, 1.82) is 0 Å². The van der Waals surface area contributed by atoms with E-state index in [1.54, 1.807) is 0 Å². The molecule has 0 atom stereocenters. The highest BCUT2D eigenvalue weighted by Crippen LogP contribution is 2.32. The van der Waals surface area contributed by atoms with E-state index in [1.165, 1.54) is 6.33 Å². The van der Waals surface area contributed by atoms with E-state index in [4.69, 9.17) is 11.6 Å². The van der Waals surface area contributed by atoms with Gasteiger partial charge in [0.25, 0.3) is 0 Å². The number of hydrogen-bond donors (Lipinski definition) is 2. The number of nitrogens with zero attached hydrogens (tertiary/aromatic N) is 2. The van der Waals surface area contributed by atoms with E-state index in [-0.39, 0.29) is 0 Å². The van der Waals surface area contributed by atoms with Crippen LogP contribution in [0.1, 0.15) is 51.5 Å². The molecule has 0 amide bonds. The average Bonchev–Trinajstić information content (AvgIpc) is 2.43. The summed E-state index contributed by atoms with van der Waals surface area (Å²) in [4.78, 5) is 8.30. The molecule has 0 unspecified atom stereocenters. The van der Waals surface area contributed by atoms with Gasteiger partial charge in [-0.15, -0.1) is 0 Å². The summed E-state index contributed by atoms with van der Waals surface area (Å²) >= 11 is 6.13. The van der Waals surface area contributed by atoms with Crippen LogP contribution in [0.2, 0.25) is 5.15 Å². The fourth-order valence-corrected chi connectivity index (χ4v) is 2.97. The van der Waals surface area contributed by atoms with Crippen LogP contribution >= 0.6 is 11.6 Å². The Balaban J connectivity index is 2.02. The summed E-state index contributed by atoms with van der Waals surface area (Å²) in [5.74, 6) is 1.48. The van der Waals surface area contributed by atoms with Gasteiger partial charge in [0.1, 0.15) is 17.3 Å². The van der Waals surface area contributed by atoms with Crippen molar-refractivity contribution in [2.75, 3.05) is 11.9 Å². The SMILES string of the molecule is CCCc1c(Cl)ncnc1NCC1(O)CCC(C)CC1. The Morgan fingerprint density at radius 3 is 2.75 bits per heavy atom. The van der Waals surface area contributed by atoms with Gasteiger partial charge in [0.15, 0.2) is 0 Å². The van der Waals surface area contributed by atoms with Crippen molar-refractivity contribution in [2.45, 2.75) is 58.0 Å². The van der Waals surface area contributed by atoms with Crippen LogP contribution in [0, 0.1) is 5.92 Å². The summed E-state index contributed by atoms with van der Waals surface area (Å²) in [6.07, 6.45) is 7.18. The maximum Gasteiger partial charge on any atom is 0.137 e. The maximum atomic E-state index is 10.6. The summed E-state index contributed by atoms with van der Waals surface area (Å²) in [5.41, 5.74) is 0.331. The molecule has 20 heavy (non-hydrogen) atoms. The lowest BCUT2D eigenvalue weighted by atomic mass is 9.79. The third-order valence-electron chi connectivity index (χ3n) is 4.18. The Morgan fingerprint density at radius 1 is 1.40 bits per heavy atom. The van der Waals surface area contributed by atoms with Crippen molar-refractivity contribution < 1.29 is 5.11 Å². The van der Waals surface area contributed by atoms with Gasteiger partial charge in [0, 0.05) is 12.1 Å². The van der Waals surface area contributed by atoms with E-state index < -0.39 is 5.60 Å². The first-order valence-corrected chi connectivity index (χ1v) is 7.87. The predicted molar refractivity (Wildman–Crippen MR) is 82.1 cm³/mol. The topological polar surface area (TPSA) is 58.0 Å². The van der Waals surface area contributed by atoms with Gasteiger partial charge in [-0.3, -0.25) is 0 Å². The third-order valence-corrected chi connectivity index (χ3v) is 4.51. The van der Waals surface area contributed by atoms with Crippen LogP contribution < -0.4 is 5.32 Å². The fourth-order valence-electron chi connectivity index (χ4n) is 2.74. The second kappa shape index (κ2) is 6.72. The van der Waals surface area contributed by atoms with Gasteiger partial charge in [-0.25, -0.2) is 9.97 Å². The Hall–Kier alpha value is -0.870. The first-order chi connectivity index (χ1) is 9.54. The molecule has 112 valence electrons. The molecule has 0 spiro atoms. The average molecular weight is 298 g/mol. The summed E-state index contributed by atoms with van der Waals surface area (Å²) < 4.78 is 0. The van der Waals surface area contributed by atoms with Crippen LogP contribution in [0.3, 0.4) is 0 Å². The quantitative estimate of drug-likeness (QED) is 0.818. The summed E-state index contributed by atoms with van der Waals surface area (Å²) in [6.45, 7) is 4.88. The molecule has 0 bridgehead atoms. The van der Waals surface area contributed by atoms with E-state index in [2.05, 4.69) is 29.1 Å². The molecule has 1 aromatic heterocycles. The molecule has 1 aliphatic rings. The molecule has 2 rings (SSSR count). The lowest BCUT2D eigenvalue weighted by Gasteiger charge is -2.35. The van der Waals surface area contributed by atoms with Crippen molar-refractivity contribution in [3.8, 4) is 0 Å². The number of hydrogen-bond acceptors (Lipinski definition) is 4. The summed E-state index contributed by atoms with van der Waals surface area (Å²) in [7, 11) is 0. The van der Waals surface area contributed by atoms with Crippen LogP contribution in [0.15, 0.2) is 6.33 Å². The lowest BCUT2D eigenvalue weighted by Crippen LogP contribution is -2.40. The Bertz CT molecular complexity index is 445. The molecule has 1 saturated carbocycles. The smallest absolute Gasteiger partial charge is 0.137 e. The molecule has 1 aromatic rings. The number of anilines is 1. The number of aliphatic hydroxyl groups is 1. The molecule has 2 N–H and O–H groups in total. The molecular weight excluding hydrogens is 274 g/mol. The highest BCUT2D eigenvalue weighted by Gasteiger charge is 2.31. The van der Waals surface area contributed by atoms with Crippen LogP contribution in [0.4, 0.5) is 5.82 Å². The standard InChI is InChI=1S/C15H24ClN3O/c1-3-4-12-13(16)18-10-19-14(12)17-9-15(20)7-5-11(2)6-8-15/h10-11,20H,3-9H2,1-2H3,(H,17,18,19). The molecule has 0 aliphatic heterocycles. The van der Waals surface area contributed by atoms with Gasteiger partial charge in [0.2, 0.25) is 0 Å². The first kappa shape index (κ1) is 15.5. The van der Waals surface area contributed by atoms with Crippen molar-refractivity contribution in [3.63, 3.8) is 0 Å². The Kier molecular flexibility index (Phi) is 5.22. The van der Waals surface area contributed by atoms with E-state index in [9.17, 15) is 5.11 Å². The summed E-state index contributed by atoms with van der Waals surface area (Å²) in [5, 5.41) is 14.4. The number of rotatable bonds is 5. The van der Waals surface area contributed by atoms with E-state index >= 15 is 0 Å². The zero-order chi connectivity index (χ0) is 14.6. The molecule has 1 heterocycles. The third kappa shape index (κ3) is 3.83. The van der Waals surface area contributed by atoms with Crippen LogP contribution in [0.5, 0.6) is 0 Å². The highest BCUT2D eigenvalue weighted by atomic mass is 35.5.